The van der Waals surface area contributed by atoms with Gasteiger partial charge < -0.3 is 15.3 Å². The van der Waals surface area contributed by atoms with E-state index in [2.05, 4.69) is 15.2 Å². The summed E-state index contributed by atoms with van der Waals surface area (Å²) in [6.45, 7) is 0.184. The van der Waals surface area contributed by atoms with Crippen LogP contribution in [0.15, 0.2) is 16.9 Å². The van der Waals surface area contributed by atoms with E-state index in [1.165, 1.54) is 17.3 Å². The lowest BCUT2D eigenvalue weighted by atomic mass is 10.3. The normalized spacial score (nSPS) is 16.7. The highest BCUT2D eigenvalue weighted by Crippen LogP contribution is 2.44. The molecule has 94 valence electrons. The predicted molar refractivity (Wildman–Crippen MR) is 57.3 cm³/mol. The number of rotatable bonds is 4. The molecule has 2 aromatic rings. The van der Waals surface area contributed by atoms with Gasteiger partial charge in [-0.1, -0.05) is 0 Å². The van der Waals surface area contributed by atoms with Crippen LogP contribution in [0.2, 0.25) is 0 Å². The number of hydrogen-bond acceptors (Lipinski definition) is 6. The number of aliphatic hydroxyl groups is 1. The summed E-state index contributed by atoms with van der Waals surface area (Å²) in [4.78, 5) is 16.3. The van der Waals surface area contributed by atoms with Gasteiger partial charge in [-0.3, -0.25) is 4.79 Å². The predicted octanol–water partition coefficient (Wildman–Crippen LogP) is -0.605. The average Bonchev–Trinajstić information content (AvgIpc) is 2.82. The molecule has 0 saturated heterocycles. The Balaban J connectivity index is 1.75. The summed E-state index contributed by atoms with van der Waals surface area (Å²) in [5.74, 6) is -0.265. The van der Waals surface area contributed by atoms with Crippen molar-refractivity contribution in [3.05, 3.63) is 29.7 Å². The second kappa shape index (κ2) is 3.64. The summed E-state index contributed by atoms with van der Waals surface area (Å²) in [5, 5.41) is 17.6. The zero-order valence-corrected chi connectivity index (χ0v) is 9.41. The number of amides is 1. The Hall–Kier alpha value is -2.22. The number of carbonyl (C=O) groups is 1. The van der Waals surface area contributed by atoms with E-state index in [4.69, 9.17) is 10.2 Å². The fourth-order valence-electron chi connectivity index (χ4n) is 1.58. The molecule has 18 heavy (non-hydrogen) atoms. The van der Waals surface area contributed by atoms with Crippen molar-refractivity contribution in [1.29, 1.82) is 0 Å². The second-order valence-corrected chi connectivity index (χ2v) is 4.28. The number of nitrogens with zero attached hydrogens (tertiary/aromatic N) is 4. The van der Waals surface area contributed by atoms with Crippen LogP contribution in [-0.2, 0) is 12.1 Å². The smallest absolute Gasteiger partial charge is 0.270 e. The van der Waals surface area contributed by atoms with E-state index in [0.29, 0.717) is 24.4 Å². The van der Waals surface area contributed by atoms with Gasteiger partial charge in [0, 0.05) is 0 Å². The van der Waals surface area contributed by atoms with E-state index in [1.54, 1.807) is 0 Å². The number of carbonyl (C=O) groups excluding carboxylic acids is 1. The van der Waals surface area contributed by atoms with Gasteiger partial charge in [-0.05, 0) is 12.8 Å². The molecule has 0 aromatic carbocycles. The van der Waals surface area contributed by atoms with Gasteiger partial charge in [-0.25, -0.2) is 4.98 Å². The molecule has 2 aromatic heterocycles. The van der Waals surface area contributed by atoms with E-state index in [0.717, 1.165) is 0 Å². The molecule has 0 aliphatic heterocycles. The molecule has 3 rings (SSSR count). The van der Waals surface area contributed by atoms with Crippen LogP contribution in [0.5, 0.6) is 0 Å². The summed E-state index contributed by atoms with van der Waals surface area (Å²) in [7, 11) is 0. The highest BCUT2D eigenvalue weighted by Gasteiger charge is 2.44. The standard InChI is InChI=1S/C10H11N5O3/c11-9(16)6-3-12-15(14-6)4-8-13-7(5-18-8)10(17)1-2-10/h3,5,17H,1-2,4H2,(H2,11,16). The molecular formula is C10H11N5O3. The van der Waals surface area contributed by atoms with Gasteiger partial charge in [-0.15, -0.1) is 5.10 Å². The molecule has 1 aliphatic carbocycles. The molecule has 1 amide bonds. The van der Waals surface area contributed by atoms with E-state index in [9.17, 15) is 9.90 Å². The first-order valence-electron chi connectivity index (χ1n) is 5.44. The Morgan fingerprint density at radius 3 is 3.00 bits per heavy atom. The third kappa shape index (κ3) is 1.86. The van der Waals surface area contributed by atoms with Gasteiger partial charge in [0.25, 0.3) is 5.91 Å². The van der Waals surface area contributed by atoms with E-state index < -0.39 is 11.5 Å². The van der Waals surface area contributed by atoms with Crippen molar-refractivity contribution in [2.24, 2.45) is 5.73 Å². The van der Waals surface area contributed by atoms with Crippen molar-refractivity contribution in [3.63, 3.8) is 0 Å². The molecular weight excluding hydrogens is 238 g/mol. The summed E-state index contributed by atoms with van der Waals surface area (Å²) in [6.07, 6.45) is 4.11. The Labute approximate surface area is 101 Å². The van der Waals surface area contributed by atoms with Crippen LogP contribution in [0.1, 0.15) is 34.9 Å². The van der Waals surface area contributed by atoms with Crippen molar-refractivity contribution in [2.75, 3.05) is 0 Å². The summed E-state index contributed by atoms with van der Waals surface area (Å²) < 4.78 is 5.22. The summed E-state index contributed by atoms with van der Waals surface area (Å²) in [5.41, 5.74) is 4.85. The maximum absolute atomic E-state index is 10.8. The highest BCUT2D eigenvalue weighted by molar-refractivity contribution is 5.90. The van der Waals surface area contributed by atoms with Crippen molar-refractivity contribution in [1.82, 2.24) is 20.0 Å². The van der Waals surface area contributed by atoms with Gasteiger partial charge in [0.1, 0.15) is 24.1 Å². The van der Waals surface area contributed by atoms with Crippen LogP contribution in [0, 0.1) is 0 Å². The number of primary amides is 1. The zero-order chi connectivity index (χ0) is 12.8. The minimum atomic E-state index is -0.822. The Bertz CT molecular complexity index is 598. The van der Waals surface area contributed by atoms with Crippen LogP contribution in [0.4, 0.5) is 0 Å². The molecule has 3 N–H and O–H groups in total. The van der Waals surface area contributed by atoms with E-state index in [-0.39, 0.29) is 12.2 Å². The van der Waals surface area contributed by atoms with Gasteiger partial charge >= 0.3 is 0 Å². The Morgan fingerprint density at radius 1 is 1.61 bits per heavy atom. The molecule has 1 fully saturated rings. The van der Waals surface area contributed by atoms with Gasteiger partial charge in [-0.2, -0.15) is 9.90 Å². The van der Waals surface area contributed by atoms with Crippen LogP contribution in [0.3, 0.4) is 0 Å². The maximum Gasteiger partial charge on any atom is 0.270 e. The monoisotopic (exact) mass is 249 g/mol. The number of oxazole rings is 1. The number of hydrogen-bond donors (Lipinski definition) is 2. The lowest BCUT2D eigenvalue weighted by Gasteiger charge is -1.99. The first-order chi connectivity index (χ1) is 8.57. The molecule has 0 spiro atoms. The van der Waals surface area contributed by atoms with Gasteiger partial charge in [0.15, 0.2) is 5.69 Å². The lowest BCUT2D eigenvalue weighted by molar-refractivity contribution is 0.0994. The van der Waals surface area contributed by atoms with Crippen molar-refractivity contribution >= 4 is 5.91 Å². The first kappa shape index (κ1) is 10.9. The minimum Gasteiger partial charge on any atom is -0.446 e. The molecule has 8 heteroatoms. The summed E-state index contributed by atoms with van der Waals surface area (Å²) in [6, 6.07) is 0. The van der Waals surface area contributed by atoms with Crippen molar-refractivity contribution in [3.8, 4) is 0 Å². The minimum absolute atomic E-state index is 0.0857. The molecule has 8 nitrogen and oxygen atoms in total. The van der Waals surface area contributed by atoms with Crippen LogP contribution in [-0.4, -0.2) is 31.0 Å². The third-order valence-electron chi connectivity index (χ3n) is 2.82. The van der Waals surface area contributed by atoms with Crippen LogP contribution < -0.4 is 5.73 Å². The van der Waals surface area contributed by atoms with E-state index >= 15 is 0 Å². The largest absolute Gasteiger partial charge is 0.446 e. The fourth-order valence-corrected chi connectivity index (χ4v) is 1.58. The van der Waals surface area contributed by atoms with Gasteiger partial charge in [0.05, 0.1) is 6.20 Å². The molecule has 0 radical (unpaired) electrons. The maximum atomic E-state index is 10.8. The number of nitrogens with two attached hydrogens (primary N) is 1. The number of aromatic nitrogens is 4. The first-order valence-corrected chi connectivity index (χ1v) is 5.44. The van der Waals surface area contributed by atoms with Crippen LogP contribution in [0.25, 0.3) is 0 Å². The third-order valence-corrected chi connectivity index (χ3v) is 2.82. The molecule has 0 atom stereocenters. The van der Waals surface area contributed by atoms with Crippen molar-refractivity contribution in [2.45, 2.75) is 25.0 Å². The quantitative estimate of drug-likeness (QED) is 0.746. The Morgan fingerprint density at radius 2 is 2.39 bits per heavy atom. The van der Waals surface area contributed by atoms with E-state index in [1.807, 2.05) is 0 Å². The molecule has 0 bridgehead atoms. The molecule has 1 aliphatic rings. The molecule has 0 unspecified atom stereocenters. The van der Waals surface area contributed by atoms with Gasteiger partial charge in [0.2, 0.25) is 5.89 Å². The average molecular weight is 249 g/mol. The lowest BCUT2D eigenvalue weighted by Crippen LogP contribution is -2.13. The SMILES string of the molecule is NC(=O)c1cnn(Cc2nc(C3(O)CC3)co2)n1. The highest BCUT2D eigenvalue weighted by atomic mass is 16.3. The van der Waals surface area contributed by atoms with Crippen molar-refractivity contribution < 1.29 is 14.3 Å². The van der Waals surface area contributed by atoms with Crippen LogP contribution >= 0.6 is 0 Å². The summed E-state index contributed by atoms with van der Waals surface area (Å²) >= 11 is 0. The Kier molecular flexibility index (Phi) is 2.20. The molecule has 2 heterocycles. The molecule has 1 saturated carbocycles. The second-order valence-electron chi connectivity index (χ2n) is 4.28. The topological polar surface area (TPSA) is 120 Å². The fraction of sp³-hybridized carbons (Fsp3) is 0.400. The zero-order valence-electron chi connectivity index (χ0n) is 9.41.